The van der Waals surface area contributed by atoms with E-state index in [0.717, 1.165) is 0 Å². The highest BCUT2D eigenvalue weighted by Gasteiger charge is 1.93. The van der Waals surface area contributed by atoms with E-state index in [2.05, 4.69) is 10.2 Å². The van der Waals surface area contributed by atoms with E-state index in [-0.39, 0.29) is 5.69 Å². The second kappa shape index (κ2) is 3.87. The second-order valence-electron chi connectivity index (χ2n) is 1.63. The van der Waals surface area contributed by atoms with Crippen molar-refractivity contribution >= 4 is 0 Å². The quantitative estimate of drug-likeness (QED) is 0.573. The maximum Gasteiger partial charge on any atom is 0.343 e. The average Bonchev–Trinajstić information content (AvgIpc) is 2.25. The molecule has 4 nitrogen and oxygen atoms in total. The van der Waals surface area contributed by atoms with Gasteiger partial charge in [0.15, 0.2) is 0 Å². The minimum atomic E-state index is -0.164. The van der Waals surface area contributed by atoms with Crippen LogP contribution in [0.4, 0.5) is 0 Å². The molecular formula is C6H13N3O. The Hall–Kier alpha value is -1.06. The summed E-state index contributed by atoms with van der Waals surface area (Å²) in [6.45, 7) is 5.76. The van der Waals surface area contributed by atoms with Gasteiger partial charge >= 0.3 is 5.69 Å². The number of hydrogen-bond donors (Lipinski definition) is 1. The molecule has 1 aromatic rings. The van der Waals surface area contributed by atoms with Crippen LogP contribution in [-0.4, -0.2) is 14.8 Å². The van der Waals surface area contributed by atoms with Crippen LogP contribution in [-0.2, 0) is 7.05 Å². The van der Waals surface area contributed by atoms with Gasteiger partial charge in [-0.15, -0.1) is 0 Å². The lowest BCUT2D eigenvalue weighted by molar-refractivity contribution is 0.825. The summed E-state index contributed by atoms with van der Waals surface area (Å²) in [5.41, 5.74) is -0.164. The Balaban J connectivity index is 0.000000371. The molecule has 0 unspecified atom stereocenters. The molecule has 0 amide bonds. The summed E-state index contributed by atoms with van der Waals surface area (Å²) in [4.78, 5) is 10.5. The number of aryl methyl sites for hydroxylation is 1. The van der Waals surface area contributed by atoms with Crippen LogP contribution in [0.2, 0.25) is 0 Å². The molecule has 0 saturated carbocycles. The molecule has 10 heavy (non-hydrogen) atoms. The number of nitrogens with zero attached hydrogens (tertiary/aromatic N) is 2. The molecule has 4 heteroatoms. The third-order valence-corrected chi connectivity index (χ3v) is 1.10. The standard InChI is InChI=1S/C4H7N3O.C2H6/c1-3-5-6-4(8)7(3)2;1-2/h1-2H3,(H,6,8);1-2H3. The summed E-state index contributed by atoms with van der Waals surface area (Å²) in [6, 6.07) is 0. The van der Waals surface area contributed by atoms with Crippen LogP contribution in [0, 0.1) is 6.92 Å². The summed E-state index contributed by atoms with van der Waals surface area (Å²) in [6.07, 6.45) is 0. The fourth-order valence-electron chi connectivity index (χ4n) is 0.426. The van der Waals surface area contributed by atoms with Crippen molar-refractivity contribution in [3.05, 3.63) is 16.3 Å². The van der Waals surface area contributed by atoms with Crippen LogP contribution < -0.4 is 5.69 Å². The van der Waals surface area contributed by atoms with Gasteiger partial charge in [-0.25, -0.2) is 9.89 Å². The third kappa shape index (κ3) is 1.72. The van der Waals surface area contributed by atoms with Gasteiger partial charge in [0.05, 0.1) is 0 Å². The second-order valence-corrected chi connectivity index (χ2v) is 1.63. The fraction of sp³-hybridized carbons (Fsp3) is 0.667. The summed E-state index contributed by atoms with van der Waals surface area (Å²) in [5.74, 6) is 0.704. The molecule has 1 heterocycles. The Labute approximate surface area is 59.9 Å². The van der Waals surface area contributed by atoms with Crippen molar-refractivity contribution in [3.63, 3.8) is 0 Å². The number of rotatable bonds is 0. The van der Waals surface area contributed by atoms with E-state index in [1.165, 1.54) is 4.57 Å². The molecule has 0 fully saturated rings. The summed E-state index contributed by atoms with van der Waals surface area (Å²) in [5, 5.41) is 5.94. The monoisotopic (exact) mass is 143 g/mol. The van der Waals surface area contributed by atoms with Crippen LogP contribution in [0.25, 0.3) is 0 Å². The zero-order chi connectivity index (χ0) is 8.15. The average molecular weight is 143 g/mol. The Kier molecular flexibility index (Phi) is 3.46. The smallest absolute Gasteiger partial charge is 0.282 e. The third-order valence-electron chi connectivity index (χ3n) is 1.10. The first-order valence-electron chi connectivity index (χ1n) is 3.30. The topological polar surface area (TPSA) is 50.7 Å². The van der Waals surface area contributed by atoms with Crippen molar-refractivity contribution in [2.75, 3.05) is 0 Å². The number of aromatic nitrogens is 3. The van der Waals surface area contributed by atoms with E-state index in [0.29, 0.717) is 5.82 Å². The Morgan fingerprint density at radius 1 is 1.50 bits per heavy atom. The van der Waals surface area contributed by atoms with Crippen LogP contribution in [0.1, 0.15) is 19.7 Å². The van der Waals surface area contributed by atoms with E-state index in [1.807, 2.05) is 13.8 Å². The van der Waals surface area contributed by atoms with Crippen LogP contribution in [0.5, 0.6) is 0 Å². The van der Waals surface area contributed by atoms with E-state index in [9.17, 15) is 4.79 Å². The van der Waals surface area contributed by atoms with E-state index < -0.39 is 0 Å². The minimum Gasteiger partial charge on any atom is -0.282 e. The zero-order valence-corrected chi connectivity index (χ0v) is 6.80. The molecule has 0 atom stereocenters. The van der Waals surface area contributed by atoms with Crippen molar-refractivity contribution in [2.45, 2.75) is 20.8 Å². The molecule has 0 spiro atoms. The van der Waals surface area contributed by atoms with Crippen molar-refractivity contribution < 1.29 is 0 Å². The molecule has 0 aliphatic carbocycles. The predicted octanol–water partition coefficient (Wildman–Crippen LogP) is 0.443. The van der Waals surface area contributed by atoms with Crippen LogP contribution >= 0.6 is 0 Å². The van der Waals surface area contributed by atoms with Crippen LogP contribution in [0.15, 0.2) is 4.79 Å². The summed E-state index contributed by atoms with van der Waals surface area (Å²) in [7, 11) is 1.67. The Morgan fingerprint density at radius 2 is 2.00 bits per heavy atom. The van der Waals surface area contributed by atoms with Crippen molar-refractivity contribution in [3.8, 4) is 0 Å². The lowest BCUT2D eigenvalue weighted by atomic mass is 10.7. The molecule has 0 radical (unpaired) electrons. The molecule has 0 aliphatic rings. The lowest BCUT2D eigenvalue weighted by Gasteiger charge is -1.83. The summed E-state index contributed by atoms with van der Waals surface area (Å²) >= 11 is 0. The zero-order valence-electron chi connectivity index (χ0n) is 6.80. The number of hydrogen-bond acceptors (Lipinski definition) is 2. The number of aromatic amines is 1. The van der Waals surface area contributed by atoms with Gasteiger partial charge in [-0.2, -0.15) is 5.10 Å². The van der Waals surface area contributed by atoms with Gasteiger partial charge in [-0.3, -0.25) is 4.57 Å². The van der Waals surface area contributed by atoms with Gasteiger partial charge in [0.2, 0.25) is 0 Å². The van der Waals surface area contributed by atoms with Gasteiger partial charge in [-0.1, -0.05) is 13.8 Å². The molecule has 0 aromatic carbocycles. The highest BCUT2D eigenvalue weighted by molar-refractivity contribution is 4.77. The number of H-pyrrole nitrogens is 1. The largest absolute Gasteiger partial charge is 0.343 e. The maximum atomic E-state index is 10.5. The van der Waals surface area contributed by atoms with Gasteiger partial charge in [0.25, 0.3) is 0 Å². The molecular weight excluding hydrogens is 130 g/mol. The van der Waals surface area contributed by atoms with Crippen LogP contribution in [0.3, 0.4) is 0 Å². The molecule has 1 aromatic heterocycles. The van der Waals surface area contributed by atoms with E-state index in [1.54, 1.807) is 14.0 Å². The van der Waals surface area contributed by atoms with Crippen molar-refractivity contribution in [2.24, 2.45) is 7.05 Å². The first kappa shape index (κ1) is 8.94. The Bertz CT molecular complexity index is 235. The molecule has 1 rings (SSSR count). The van der Waals surface area contributed by atoms with Gasteiger partial charge < -0.3 is 0 Å². The van der Waals surface area contributed by atoms with Crippen molar-refractivity contribution in [1.82, 2.24) is 14.8 Å². The fourth-order valence-corrected chi connectivity index (χ4v) is 0.426. The lowest BCUT2D eigenvalue weighted by Crippen LogP contribution is -2.12. The van der Waals surface area contributed by atoms with Gasteiger partial charge in [-0.05, 0) is 6.92 Å². The molecule has 0 aliphatic heterocycles. The highest BCUT2D eigenvalue weighted by atomic mass is 16.1. The van der Waals surface area contributed by atoms with Crippen molar-refractivity contribution in [1.29, 1.82) is 0 Å². The summed E-state index contributed by atoms with van der Waals surface area (Å²) < 4.78 is 1.44. The first-order valence-corrected chi connectivity index (χ1v) is 3.30. The first-order chi connectivity index (χ1) is 4.72. The SMILES string of the molecule is CC.Cc1n[nH]c(=O)n1C. The molecule has 0 saturated heterocycles. The van der Waals surface area contributed by atoms with E-state index in [4.69, 9.17) is 0 Å². The Morgan fingerprint density at radius 3 is 2.10 bits per heavy atom. The van der Waals surface area contributed by atoms with E-state index >= 15 is 0 Å². The molecule has 58 valence electrons. The normalized spacial score (nSPS) is 8.40. The number of nitrogens with one attached hydrogen (secondary N) is 1. The van der Waals surface area contributed by atoms with Gasteiger partial charge in [0.1, 0.15) is 5.82 Å². The van der Waals surface area contributed by atoms with Gasteiger partial charge in [0, 0.05) is 7.05 Å². The molecule has 0 bridgehead atoms. The molecule has 1 N–H and O–H groups in total. The maximum absolute atomic E-state index is 10.5. The minimum absolute atomic E-state index is 0.164. The predicted molar refractivity (Wildman–Crippen MR) is 39.9 cm³/mol. The highest BCUT2D eigenvalue weighted by Crippen LogP contribution is 1.77.